The van der Waals surface area contributed by atoms with Gasteiger partial charge in [-0.15, -0.1) is 0 Å². The SMILES string of the molecule is COc1ccc(N(CC(=O)N/N=C\c2c(Cl)cccc2Cl)S(=O)(=O)c2ccccc2)cc1Cl. The molecule has 0 bridgehead atoms. The number of anilines is 1. The lowest BCUT2D eigenvalue weighted by Crippen LogP contribution is -2.39. The molecule has 0 fully saturated rings. The van der Waals surface area contributed by atoms with Crippen molar-refractivity contribution in [1.82, 2.24) is 5.43 Å². The molecule has 7 nitrogen and oxygen atoms in total. The number of nitrogens with one attached hydrogen (secondary N) is 1. The van der Waals surface area contributed by atoms with Crippen LogP contribution in [0.4, 0.5) is 5.69 Å². The van der Waals surface area contributed by atoms with Crippen molar-refractivity contribution in [2.75, 3.05) is 18.0 Å². The molecule has 0 heterocycles. The van der Waals surface area contributed by atoms with Crippen molar-refractivity contribution in [3.63, 3.8) is 0 Å². The monoisotopic (exact) mass is 525 g/mol. The van der Waals surface area contributed by atoms with Crippen LogP contribution in [-0.4, -0.2) is 34.2 Å². The first-order chi connectivity index (χ1) is 15.7. The van der Waals surface area contributed by atoms with Crippen molar-refractivity contribution in [1.29, 1.82) is 0 Å². The van der Waals surface area contributed by atoms with Crippen LogP contribution in [0, 0.1) is 0 Å². The molecule has 0 aliphatic carbocycles. The Morgan fingerprint density at radius 2 is 1.67 bits per heavy atom. The van der Waals surface area contributed by atoms with Gasteiger partial charge in [-0.25, -0.2) is 13.8 Å². The number of methoxy groups -OCH3 is 1. The fourth-order valence-corrected chi connectivity index (χ4v) is 4.99. The van der Waals surface area contributed by atoms with E-state index in [2.05, 4.69) is 10.5 Å². The summed E-state index contributed by atoms with van der Waals surface area (Å²) < 4.78 is 32.7. The maximum Gasteiger partial charge on any atom is 0.264 e. The Bertz CT molecular complexity index is 1270. The number of amides is 1. The zero-order valence-electron chi connectivity index (χ0n) is 17.2. The minimum absolute atomic E-state index is 0.0103. The highest BCUT2D eigenvalue weighted by molar-refractivity contribution is 7.92. The number of halogens is 3. The number of carbonyl (C=O) groups is 1. The quantitative estimate of drug-likeness (QED) is 0.330. The molecule has 0 aromatic heterocycles. The van der Waals surface area contributed by atoms with E-state index in [0.29, 0.717) is 21.4 Å². The number of benzene rings is 3. The maximum atomic E-state index is 13.3. The van der Waals surface area contributed by atoms with Crippen LogP contribution in [0.2, 0.25) is 15.1 Å². The molecule has 1 N–H and O–H groups in total. The van der Waals surface area contributed by atoms with Gasteiger partial charge < -0.3 is 4.74 Å². The molecular weight excluding hydrogens is 509 g/mol. The van der Waals surface area contributed by atoms with Crippen LogP contribution in [0.1, 0.15) is 5.56 Å². The summed E-state index contributed by atoms with van der Waals surface area (Å²) in [4.78, 5) is 12.6. The molecular formula is C22H18Cl3N3O4S. The number of nitrogens with zero attached hydrogens (tertiary/aromatic N) is 2. The third-order valence-corrected chi connectivity index (χ3v) is 7.17. The molecule has 172 valence electrons. The molecule has 1 amide bonds. The van der Waals surface area contributed by atoms with Gasteiger partial charge in [0.05, 0.1) is 39.0 Å². The van der Waals surface area contributed by atoms with E-state index in [1.807, 2.05) is 0 Å². The van der Waals surface area contributed by atoms with Gasteiger partial charge in [0.1, 0.15) is 12.3 Å². The summed E-state index contributed by atoms with van der Waals surface area (Å²) in [7, 11) is -2.66. The van der Waals surface area contributed by atoms with Crippen LogP contribution in [-0.2, 0) is 14.8 Å². The van der Waals surface area contributed by atoms with E-state index in [1.54, 1.807) is 36.4 Å². The predicted molar refractivity (Wildman–Crippen MR) is 131 cm³/mol. The molecule has 0 spiro atoms. The summed E-state index contributed by atoms with van der Waals surface area (Å²) in [5.74, 6) is -0.330. The molecule has 0 aliphatic heterocycles. The van der Waals surface area contributed by atoms with Gasteiger partial charge in [0.15, 0.2) is 0 Å². The van der Waals surface area contributed by atoms with Gasteiger partial charge in [0.2, 0.25) is 0 Å². The van der Waals surface area contributed by atoms with E-state index < -0.39 is 22.5 Å². The Hall–Kier alpha value is -2.78. The molecule has 0 aliphatic rings. The van der Waals surface area contributed by atoms with Crippen molar-refractivity contribution in [3.8, 4) is 5.75 Å². The Morgan fingerprint density at radius 1 is 1.00 bits per heavy atom. The standard InChI is InChI=1S/C22H18Cl3N3O4S/c1-32-21-11-10-15(12-20(21)25)28(33(30,31)16-6-3-2-4-7-16)14-22(29)27-26-13-17-18(23)8-5-9-19(17)24/h2-13H,14H2,1H3,(H,27,29)/b26-13-. The summed E-state index contributed by atoms with van der Waals surface area (Å²) >= 11 is 18.3. The number of hydrogen-bond donors (Lipinski definition) is 1. The van der Waals surface area contributed by atoms with E-state index >= 15 is 0 Å². The van der Waals surface area contributed by atoms with Crippen molar-refractivity contribution in [3.05, 3.63) is 87.4 Å². The number of ether oxygens (including phenoxy) is 1. The van der Waals surface area contributed by atoms with Crippen molar-refractivity contribution in [2.45, 2.75) is 4.90 Å². The lowest BCUT2D eigenvalue weighted by Gasteiger charge is -2.24. The maximum absolute atomic E-state index is 13.3. The predicted octanol–water partition coefficient (Wildman–Crippen LogP) is 5.00. The van der Waals surface area contributed by atoms with Gasteiger partial charge in [-0.2, -0.15) is 5.10 Å². The Labute approximate surface area is 206 Å². The highest BCUT2D eigenvalue weighted by Gasteiger charge is 2.27. The van der Waals surface area contributed by atoms with Crippen molar-refractivity contribution in [2.24, 2.45) is 5.10 Å². The minimum atomic E-state index is -4.10. The number of carbonyl (C=O) groups excluding carboxylic acids is 1. The van der Waals surface area contributed by atoms with E-state index in [4.69, 9.17) is 39.5 Å². The second-order valence-corrected chi connectivity index (χ2v) is 9.66. The third kappa shape index (κ3) is 5.97. The zero-order valence-corrected chi connectivity index (χ0v) is 20.3. The molecule has 3 rings (SSSR count). The van der Waals surface area contributed by atoms with Crippen LogP contribution in [0.25, 0.3) is 0 Å². The van der Waals surface area contributed by atoms with E-state index in [1.165, 1.54) is 43.7 Å². The Morgan fingerprint density at radius 3 is 2.27 bits per heavy atom. The molecule has 0 unspecified atom stereocenters. The molecule has 3 aromatic carbocycles. The van der Waals surface area contributed by atoms with Crippen LogP contribution in [0.3, 0.4) is 0 Å². The fourth-order valence-electron chi connectivity index (χ4n) is 2.81. The molecule has 0 saturated heterocycles. The highest BCUT2D eigenvalue weighted by Crippen LogP contribution is 2.31. The molecule has 0 atom stereocenters. The van der Waals surface area contributed by atoms with Gasteiger partial charge >= 0.3 is 0 Å². The second-order valence-electron chi connectivity index (χ2n) is 6.57. The Kier molecular flexibility index (Phi) is 8.20. The summed E-state index contributed by atoms with van der Waals surface area (Å²) in [6, 6.07) is 17.1. The van der Waals surface area contributed by atoms with Crippen LogP contribution in [0.5, 0.6) is 5.75 Å². The lowest BCUT2D eigenvalue weighted by atomic mass is 10.2. The highest BCUT2D eigenvalue weighted by atomic mass is 35.5. The van der Waals surface area contributed by atoms with E-state index in [-0.39, 0.29) is 15.6 Å². The van der Waals surface area contributed by atoms with E-state index in [9.17, 15) is 13.2 Å². The zero-order chi connectivity index (χ0) is 24.0. The molecule has 11 heteroatoms. The molecule has 0 saturated carbocycles. The summed E-state index contributed by atoms with van der Waals surface area (Å²) in [6.45, 7) is -0.562. The molecule has 0 radical (unpaired) electrons. The van der Waals surface area contributed by atoms with Gasteiger partial charge in [0, 0.05) is 5.56 Å². The number of sulfonamides is 1. The van der Waals surface area contributed by atoms with Gasteiger partial charge in [-0.05, 0) is 42.5 Å². The van der Waals surface area contributed by atoms with Gasteiger partial charge in [0.25, 0.3) is 15.9 Å². The normalized spacial score (nSPS) is 11.4. The molecule has 3 aromatic rings. The van der Waals surface area contributed by atoms with Crippen molar-refractivity contribution >= 4 is 62.6 Å². The van der Waals surface area contributed by atoms with Gasteiger partial charge in [-0.1, -0.05) is 59.1 Å². The first kappa shape index (κ1) is 24.9. The third-order valence-electron chi connectivity index (χ3n) is 4.42. The average Bonchev–Trinajstić information content (AvgIpc) is 2.80. The van der Waals surface area contributed by atoms with Crippen LogP contribution in [0.15, 0.2) is 76.7 Å². The minimum Gasteiger partial charge on any atom is -0.495 e. The number of hydrogen-bond acceptors (Lipinski definition) is 5. The fraction of sp³-hybridized carbons (Fsp3) is 0.0909. The second kappa shape index (κ2) is 10.9. The van der Waals surface area contributed by atoms with Crippen LogP contribution >= 0.6 is 34.8 Å². The first-order valence-electron chi connectivity index (χ1n) is 9.41. The topological polar surface area (TPSA) is 88.1 Å². The lowest BCUT2D eigenvalue weighted by molar-refractivity contribution is -0.119. The van der Waals surface area contributed by atoms with Crippen molar-refractivity contribution < 1.29 is 17.9 Å². The summed E-state index contributed by atoms with van der Waals surface area (Å²) in [5, 5.41) is 4.74. The largest absolute Gasteiger partial charge is 0.495 e. The first-order valence-corrected chi connectivity index (χ1v) is 12.0. The smallest absolute Gasteiger partial charge is 0.264 e. The summed E-state index contributed by atoms with van der Waals surface area (Å²) in [5.41, 5.74) is 2.89. The van der Waals surface area contributed by atoms with Gasteiger partial charge in [-0.3, -0.25) is 9.10 Å². The molecule has 33 heavy (non-hydrogen) atoms. The van der Waals surface area contributed by atoms with Crippen LogP contribution < -0.4 is 14.5 Å². The number of rotatable bonds is 8. The average molecular weight is 527 g/mol. The van der Waals surface area contributed by atoms with E-state index in [0.717, 1.165) is 4.31 Å². The summed E-state index contributed by atoms with van der Waals surface area (Å²) in [6.07, 6.45) is 1.28. The number of hydrazone groups is 1. The Balaban J connectivity index is 1.89.